The third-order valence-corrected chi connectivity index (χ3v) is 6.57. The Bertz CT molecular complexity index is 1430. The molecule has 172 valence electrons. The number of aromatic nitrogens is 1. The molecule has 0 spiro atoms. The highest BCUT2D eigenvalue weighted by molar-refractivity contribution is 6.33. The molecule has 1 fully saturated rings. The normalized spacial score (nSPS) is 14.1. The SMILES string of the molecule is O=C(Cn1c2ccccc2c(=O)c2ccccc21)N1CCN(C(=O)c2ccc(F)cc2Cl)CC1. The van der Waals surface area contributed by atoms with E-state index in [9.17, 15) is 18.8 Å². The molecular weight excluding hydrogens is 457 g/mol. The summed E-state index contributed by atoms with van der Waals surface area (Å²) in [5.41, 5.74) is 1.61. The van der Waals surface area contributed by atoms with Gasteiger partial charge < -0.3 is 14.4 Å². The molecule has 1 aliphatic heterocycles. The van der Waals surface area contributed by atoms with E-state index in [2.05, 4.69) is 0 Å². The van der Waals surface area contributed by atoms with E-state index in [1.165, 1.54) is 12.1 Å². The van der Waals surface area contributed by atoms with Crippen LogP contribution in [0, 0.1) is 5.82 Å². The van der Waals surface area contributed by atoms with Gasteiger partial charge in [-0.1, -0.05) is 35.9 Å². The number of carbonyl (C=O) groups is 2. The van der Waals surface area contributed by atoms with E-state index >= 15 is 0 Å². The Morgan fingerprint density at radius 1 is 0.824 bits per heavy atom. The first-order chi connectivity index (χ1) is 16.4. The summed E-state index contributed by atoms with van der Waals surface area (Å²) in [5, 5.41) is 1.21. The molecule has 3 aromatic carbocycles. The van der Waals surface area contributed by atoms with Crippen LogP contribution in [0.4, 0.5) is 4.39 Å². The van der Waals surface area contributed by atoms with Crippen molar-refractivity contribution < 1.29 is 14.0 Å². The van der Waals surface area contributed by atoms with Crippen molar-refractivity contribution in [1.82, 2.24) is 14.4 Å². The Morgan fingerprint density at radius 2 is 1.38 bits per heavy atom. The number of benzene rings is 3. The first-order valence-electron chi connectivity index (χ1n) is 11.0. The van der Waals surface area contributed by atoms with E-state index in [0.29, 0.717) is 48.0 Å². The average Bonchev–Trinajstić information content (AvgIpc) is 2.86. The number of para-hydroxylation sites is 2. The highest BCUT2D eigenvalue weighted by atomic mass is 35.5. The number of carbonyl (C=O) groups excluding carboxylic acids is 2. The molecule has 1 saturated heterocycles. The first kappa shape index (κ1) is 22.1. The first-order valence-corrected chi connectivity index (χ1v) is 11.3. The second-order valence-electron chi connectivity index (χ2n) is 8.25. The van der Waals surface area contributed by atoms with E-state index < -0.39 is 5.82 Å². The highest BCUT2D eigenvalue weighted by Crippen LogP contribution is 2.21. The number of pyridine rings is 1. The number of halogens is 2. The molecule has 2 heterocycles. The summed E-state index contributed by atoms with van der Waals surface area (Å²) in [7, 11) is 0. The van der Waals surface area contributed by atoms with Gasteiger partial charge in [-0.05, 0) is 42.5 Å². The fourth-order valence-corrected chi connectivity index (χ4v) is 4.72. The third-order valence-electron chi connectivity index (χ3n) is 6.25. The maximum absolute atomic E-state index is 13.3. The summed E-state index contributed by atoms with van der Waals surface area (Å²) < 4.78 is 15.2. The van der Waals surface area contributed by atoms with Crippen molar-refractivity contribution in [2.75, 3.05) is 26.2 Å². The molecule has 34 heavy (non-hydrogen) atoms. The van der Waals surface area contributed by atoms with Crippen LogP contribution in [0.2, 0.25) is 5.02 Å². The fourth-order valence-electron chi connectivity index (χ4n) is 4.47. The minimum absolute atomic E-state index is 0.0542. The Morgan fingerprint density at radius 3 is 1.97 bits per heavy atom. The number of fused-ring (bicyclic) bond motifs is 2. The summed E-state index contributed by atoms with van der Waals surface area (Å²) in [4.78, 5) is 42.3. The van der Waals surface area contributed by atoms with Crippen LogP contribution in [0.5, 0.6) is 0 Å². The average molecular weight is 478 g/mol. The van der Waals surface area contributed by atoms with Gasteiger partial charge in [-0.15, -0.1) is 0 Å². The van der Waals surface area contributed by atoms with Crippen molar-refractivity contribution in [3.05, 3.63) is 93.4 Å². The lowest BCUT2D eigenvalue weighted by molar-refractivity contribution is -0.133. The summed E-state index contributed by atoms with van der Waals surface area (Å²) in [5.74, 6) is -0.875. The molecule has 0 aliphatic carbocycles. The van der Waals surface area contributed by atoms with Gasteiger partial charge in [-0.3, -0.25) is 14.4 Å². The van der Waals surface area contributed by atoms with Crippen LogP contribution >= 0.6 is 11.6 Å². The van der Waals surface area contributed by atoms with Crippen molar-refractivity contribution in [1.29, 1.82) is 0 Å². The van der Waals surface area contributed by atoms with Crippen molar-refractivity contribution in [3.8, 4) is 0 Å². The van der Waals surface area contributed by atoms with E-state index in [-0.39, 0.29) is 34.4 Å². The highest BCUT2D eigenvalue weighted by Gasteiger charge is 2.26. The number of nitrogens with zero attached hydrogens (tertiary/aromatic N) is 3. The van der Waals surface area contributed by atoms with Gasteiger partial charge in [0, 0.05) is 37.0 Å². The second kappa shape index (κ2) is 8.91. The second-order valence-corrected chi connectivity index (χ2v) is 8.65. The van der Waals surface area contributed by atoms with Gasteiger partial charge in [-0.25, -0.2) is 4.39 Å². The van der Waals surface area contributed by atoms with Gasteiger partial charge in [-0.2, -0.15) is 0 Å². The Kier molecular flexibility index (Phi) is 5.79. The quantitative estimate of drug-likeness (QED) is 0.420. The van der Waals surface area contributed by atoms with Crippen LogP contribution in [0.15, 0.2) is 71.5 Å². The molecule has 8 heteroatoms. The van der Waals surface area contributed by atoms with Gasteiger partial charge in [0.05, 0.1) is 21.6 Å². The minimum Gasteiger partial charge on any atom is -0.338 e. The summed E-state index contributed by atoms with van der Waals surface area (Å²) in [6, 6.07) is 18.3. The predicted molar refractivity (Wildman–Crippen MR) is 130 cm³/mol. The van der Waals surface area contributed by atoms with E-state index in [1.807, 2.05) is 41.0 Å². The molecule has 0 unspecified atom stereocenters. The summed E-state index contributed by atoms with van der Waals surface area (Å²) >= 11 is 6.04. The molecule has 1 aromatic heterocycles. The Balaban J connectivity index is 1.36. The van der Waals surface area contributed by atoms with Crippen LogP contribution in [-0.4, -0.2) is 52.4 Å². The van der Waals surface area contributed by atoms with Gasteiger partial charge in [0.2, 0.25) is 5.91 Å². The van der Waals surface area contributed by atoms with Crippen LogP contribution < -0.4 is 5.43 Å². The summed E-state index contributed by atoms with van der Waals surface area (Å²) in [6.45, 7) is 1.53. The zero-order valence-corrected chi connectivity index (χ0v) is 19.0. The molecular formula is C26H21ClFN3O3. The third kappa shape index (κ3) is 3.92. The van der Waals surface area contributed by atoms with Gasteiger partial charge in [0.25, 0.3) is 5.91 Å². The van der Waals surface area contributed by atoms with Crippen LogP contribution in [0.3, 0.4) is 0 Å². The standard InChI is InChI=1S/C26H21ClFN3O3/c27-21-15-17(28)9-10-18(21)26(34)30-13-11-29(12-14-30)24(32)16-31-22-7-3-1-5-19(22)25(33)20-6-2-4-8-23(20)31/h1-10,15H,11-14,16H2. The molecule has 6 nitrogen and oxygen atoms in total. The Labute approximate surface area is 199 Å². The minimum atomic E-state index is -0.500. The smallest absolute Gasteiger partial charge is 0.255 e. The number of amides is 2. The topological polar surface area (TPSA) is 62.6 Å². The maximum Gasteiger partial charge on any atom is 0.255 e. The zero-order valence-electron chi connectivity index (χ0n) is 18.2. The number of piperazine rings is 1. The zero-order chi connectivity index (χ0) is 23.8. The van der Waals surface area contributed by atoms with Gasteiger partial charge in [0.15, 0.2) is 5.43 Å². The van der Waals surface area contributed by atoms with Crippen LogP contribution in [0.25, 0.3) is 21.8 Å². The molecule has 0 radical (unpaired) electrons. The van der Waals surface area contributed by atoms with Crippen LogP contribution in [-0.2, 0) is 11.3 Å². The molecule has 1 aliphatic rings. The lowest BCUT2D eigenvalue weighted by Crippen LogP contribution is -2.51. The molecule has 0 N–H and O–H groups in total. The molecule has 5 rings (SSSR count). The van der Waals surface area contributed by atoms with Gasteiger partial charge in [0.1, 0.15) is 12.4 Å². The molecule has 0 saturated carbocycles. The van der Waals surface area contributed by atoms with E-state index in [0.717, 1.165) is 6.07 Å². The van der Waals surface area contributed by atoms with Crippen molar-refractivity contribution in [2.45, 2.75) is 6.54 Å². The molecule has 4 aromatic rings. The van der Waals surface area contributed by atoms with E-state index in [4.69, 9.17) is 11.6 Å². The predicted octanol–water partition coefficient (Wildman–Crippen LogP) is 3.93. The van der Waals surface area contributed by atoms with Crippen LogP contribution in [0.1, 0.15) is 10.4 Å². The van der Waals surface area contributed by atoms with Gasteiger partial charge >= 0.3 is 0 Å². The number of hydrogen-bond acceptors (Lipinski definition) is 3. The number of rotatable bonds is 3. The summed E-state index contributed by atoms with van der Waals surface area (Å²) in [6.07, 6.45) is 0. The van der Waals surface area contributed by atoms with Crippen molar-refractivity contribution in [3.63, 3.8) is 0 Å². The lowest BCUT2D eigenvalue weighted by Gasteiger charge is -2.35. The monoisotopic (exact) mass is 477 g/mol. The lowest BCUT2D eigenvalue weighted by atomic mass is 10.1. The fraction of sp³-hybridized carbons (Fsp3) is 0.192. The van der Waals surface area contributed by atoms with E-state index in [1.54, 1.807) is 21.9 Å². The number of hydrogen-bond donors (Lipinski definition) is 0. The molecule has 0 bridgehead atoms. The van der Waals surface area contributed by atoms with Crippen molar-refractivity contribution in [2.24, 2.45) is 0 Å². The van der Waals surface area contributed by atoms with Crippen molar-refractivity contribution >= 4 is 45.2 Å². The molecule has 2 amide bonds. The maximum atomic E-state index is 13.3. The largest absolute Gasteiger partial charge is 0.338 e. The molecule has 0 atom stereocenters. The Hall–Kier alpha value is -3.71.